The van der Waals surface area contributed by atoms with Crippen molar-refractivity contribution in [3.63, 3.8) is 0 Å². The van der Waals surface area contributed by atoms with Gasteiger partial charge in [-0.2, -0.15) is 0 Å². The number of ether oxygens (including phenoxy) is 2. The number of rotatable bonds is 9. The van der Waals surface area contributed by atoms with Crippen LogP contribution in [0.3, 0.4) is 0 Å². The lowest BCUT2D eigenvalue weighted by Gasteiger charge is -2.23. The molecular formula is C27H25Cl2N5O3. The van der Waals surface area contributed by atoms with Crippen LogP contribution in [0.15, 0.2) is 72.8 Å². The van der Waals surface area contributed by atoms with Gasteiger partial charge in [0.25, 0.3) is 0 Å². The predicted molar refractivity (Wildman–Crippen MR) is 149 cm³/mol. The minimum Gasteiger partial charge on any atom is -0.454 e. The van der Waals surface area contributed by atoms with Crippen molar-refractivity contribution >= 4 is 57.2 Å². The fraction of sp³-hybridized carbons (Fsp3) is 0.185. The maximum absolute atomic E-state index is 12.7. The topological polar surface area (TPSA) is 87.8 Å². The quantitative estimate of drug-likeness (QED) is 0.177. The summed E-state index contributed by atoms with van der Waals surface area (Å²) in [5.41, 5.74) is 10.5. The molecule has 3 aromatic carbocycles. The first-order valence-corrected chi connectivity index (χ1v) is 12.8. The van der Waals surface area contributed by atoms with E-state index >= 15 is 0 Å². The fourth-order valence-corrected chi connectivity index (χ4v) is 4.50. The molecule has 1 aromatic heterocycles. The normalized spacial score (nSPS) is 11.8. The molecule has 0 atom stereocenters. The molecule has 0 unspecified atom stereocenters. The van der Waals surface area contributed by atoms with Crippen LogP contribution in [-0.4, -0.2) is 42.7 Å². The minimum absolute atomic E-state index is 0.162. The van der Waals surface area contributed by atoms with Crippen molar-refractivity contribution < 1.29 is 14.3 Å². The van der Waals surface area contributed by atoms with Gasteiger partial charge in [-0.3, -0.25) is 10.9 Å². The number of hydrogen-bond donors (Lipinski definition) is 3. The first-order chi connectivity index (χ1) is 18.1. The zero-order valence-electron chi connectivity index (χ0n) is 19.8. The number of halogens is 2. The number of hydrogen-bond acceptors (Lipinski definition) is 6. The Morgan fingerprint density at radius 1 is 0.919 bits per heavy atom. The largest absolute Gasteiger partial charge is 0.454 e. The standard InChI is InChI=1S/C27H25Cl2N5O3/c28-10-12-34(13-11-29)20-8-6-19(7-9-20)30-27(35)33-32-24-15-22(18-4-2-1-3-5-18)31-23-16-26-25(14-21(23)24)36-17-37-26/h1-9,14-16H,10-13,17H2,(H,31,32)(H2,30,33,35). The van der Waals surface area contributed by atoms with Crippen LogP contribution >= 0.6 is 23.2 Å². The van der Waals surface area contributed by atoms with E-state index in [0.29, 0.717) is 53.2 Å². The molecule has 3 N–H and O–H groups in total. The molecule has 37 heavy (non-hydrogen) atoms. The van der Waals surface area contributed by atoms with E-state index in [1.54, 1.807) is 0 Å². The summed E-state index contributed by atoms with van der Waals surface area (Å²) in [7, 11) is 0. The summed E-state index contributed by atoms with van der Waals surface area (Å²) in [4.78, 5) is 19.6. The zero-order chi connectivity index (χ0) is 25.6. The van der Waals surface area contributed by atoms with Gasteiger partial charge < -0.3 is 19.7 Å². The zero-order valence-corrected chi connectivity index (χ0v) is 21.4. The molecule has 0 spiro atoms. The number of pyridine rings is 1. The van der Waals surface area contributed by atoms with Crippen molar-refractivity contribution in [2.75, 3.05) is 47.3 Å². The molecular weight excluding hydrogens is 513 g/mol. The highest BCUT2D eigenvalue weighted by molar-refractivity contribution is 6.18. The Bertz CT molecular complexity index is 1380. The summed E-state index contributed by atoms with van der Waals surface area (Å²) in [6.07, 6.45) is 0. The number of aromatic nitrogens is 1. The second-order valence-electron chi connectivity index (χ2n) is 8.26. The Kier molecular flexibility index (Phi) is 7.67. The van der Waals surface area contributed by atoms with Crippen molar-refractivity contribution in [3.8, 4) is 22.8 Å². The van der Waals surface area contributed by atoms with Gasteiger partial charge in [0.15, 0.2) is 11.5 Å². The molecule has 1 aliphatic rings. The molecule has 0 saturated heterocycles. The van der Waals surface area contributed by atoms with E-state index in [1.165, 1.54) is 0 Å². The van der Waals surface area contributed by atoms with Crippen LogP contribution in [0.2, 0.25) is 0 Å². The maximum atomic E-state index is 12.7. The van der Waals surface area contributed by atoms with Gasteiger partial charge in [0, 0.05) is 53.2 Å². The van der Waals surface area contributed by atoms with Crippen LogP contribution in [0, 0.1) is 0 Å². The van der Waals surface area contributed by atoms with Gasteiger partial charge >= 0.3 is 6.03 Å². The van der Waals surface area contributed by atoms with E-state index in [2.05, 4.69) is 21.1 Å². The predicted octanol–water partition coefficient (Wildman–Crippen LogP) is 6.06. The molecule has 4 aromatic rings. The van der Waals surface area contributed by atoms with Crippen LogP contribution in [0.4, 0.5) is 21.9 Å². The van der Waals surface area contributed by atoms with Crippen LogP contribution in [0.1, 0.15) is 0 Å². The van der Waals surface area contributed by atoms with Crippen molar-refractivity contribution in [2.45, 2.75) is 0 Å². The number of carbonyl (C=O) groups excluding carboxylic acids is 1. The molecule has 0 fully saturated rings. The monoisotopic (exact) mass is 537 g/mol. The molecule has 190 valence electrons. The van der Waals surface area contributed by atoms with E-state index in [9.17, 15) is 4.79 Å². The SMILES string of the molecule is O=C(NNc1cc(-c2ccccc2)nc2cc3c(cc12)OCO3)Nc1ccc(N(CCCl)CCCl)cc1. The Balaban J connectivity index is 1.33. The molecule has 0 saturated carbocycles. The first-order valence-electron chi connectivity index (χ1n) is 11.7. The molecule has 8 nitrogen and oxygen atoms in total. The summed E-state index contributed by atoms with van der Waals surface area (Å²) < 4.78 is 11.1. The second-order valence-corrected chi connectivity index (χ2v) is 9.02. The van der Waals surface area contributed by atoms with Crippen LogP contribution in [-0.2, 0) is 0 Å². The smallest absolute Gasteiger partial charge is 0.337 e. The van der Waals surface area contributed by atoms with Gasteiger partial charge in [0.2, 0.25) is 6.79 Å². The van der Waals surface area contributed by atoms with E-state index < -0.39 is 6.03 Å². The van der Waals surface area contributed by atoms with Gasteiger partial charge in [-0.25, -0.2) is 9.78 Å². The van der Waals surface area contributed by atoms with Gasteiger partial charge in [-0.05, 0) is 36.4 Å². The number of hydrazine groups is 1. The summed E-state index contributed by atoms with van der Waals surface area (Å²) in [5.74, 6) is 2.28. The Hall–Kier alpha value is -3.88. The Morgan fingerprint density at radius 2 is 1.62 bits per heavy atom. The number of anilines is 3. The molecule has 0 aliphatic carbocycles. The third kappa shape index (κ3) is 5.76. The summed E-state index contributed by atoms with van der Waals surface area (Å²) >= 11 is 11.8. The summed E-state index contributed by atoms with van der Waals surface area (Å²) in [6.45, 7) is 1.54. The third-order valence-electron chi connectivity index (χ3n) is 5.88. The summed E-state index contributed by atoms with van der Waals surface area (Å²) in [5, 5.41) is 3.62. The number of urea groups is 1. The van der Waals surface area contributed by atoms with Gasteiger partial charge in [0.1, 0.15) is 0 Å². The second kappa shape index (κ2) is 11.5. The number of fused-ring (bicyclic) bond motifs is 2. The molecule has 0 radical (unpaired) electrons. The van der Waals surface area contributed by atoms with Crippen LogP contribution in [0.25, 0.3) is 22.2 Å². The highest BCUT2D eigenvalue weighted by atomic mass is 35.5. The third-order valence-corrected chi connectivity index (χ3v) is 6.22. The molecule has 0 bridgehead atoms. The number of alkyl halides is 2. The molecule has 10 heteroatoms. The van der Waals surface area contributed by atoms with E-state index in [-0.39, 0.29) is 6.79 Å². The molecule has 1 aliphatic heterocycles. The first kappa shape index (κ1) is 24.8. The maximum Gasteiger partial charge on any atom is 0.337 e. The highest BCUT2D eigenvalue weighted by Gasteiger charge is 2.18. The van der Waals surface area contributed by atoms with Gasteiger partial charge in [-0.15, -0.1) is 23.2 Å². The lowest BCUT2D eigenvalue weighted by atomic mass is 10.1. The number of amides is 2. The summed E-state index contributed by atoms with van der Waals surface area (Å²) in [6, 6.07) is 22.5. The van der Waals surface area contributed by atoms with Crippen LogP contribution < -0.4 is 30.5 Å². The number of nitrogens with zero attached hydrogens (tertiary/aromatic N) is 2. The van der Waals surface area contributed by atoms with Crippen molar-refractivity contribution in [3.05, 3.63) is 72.8 Å². The van der Waals surface area contributed by atoms with Crippen molar-refractivity contribution in [2.24, 2.45) is 0 Å². The van der Waals surface area contributed by atoms with E-state index in [4.69, 9.17) is 37.7 Å². The van der Waals surface area contributed by atoms with Crippen molar-refractivity contribution in [1.29, 1.82) is 0 Å². The van der Waals surface area contributed by atoms with E-state index in [1.807, 2.05) is 72.8 Å². The lowest BCUT2D eigenvalue weighted by molar-refractivity contribution is 0.174. The number of carbonyl (C=O) groups is 1. The van der Waals surface area contributed by atoms with Gasteiger partial charge in [0.05, 0.1) is 16.9 Å². The number of nitrogens with one attached hydrogen (secondary N) is 3. The van der Waals surface area contributed by atoms with Crippen LogP contribution in [0.5, 0.6) is 11.5 Å². The minimum atomic E-state index is -0.418. The van der Waals surface area contributed by atoms with E-state index in [0.717, 1.165) is 22.3 Å². The average Bonchev–Trinajstić information content (AvgIpc) is 3.39. The number of benzene rings is 3. The van der Waals surface area contributed by atoms with Gasteiger partial charge in [-0.1, -0.05) is 30.3 Å². The molecule has 5 rings (SSSR count). The fourth-order valence-electron chi connectivity index (χ4n) is 4.09. The highest BCUT2D eigenvalue weighted by Crippen LogP contribution is 2.39. The lowest BCUT2D eigenvalue weighted by Crippen LogP contribution is -2.33. The van der Waals surface area contributed by atoms with Crippen molar-refractivity contribution in [1.82, 2.24) is 10.4 Å². The Morgan fingerprint density at radius 3 is 2.32 bits per heavy atom. The average molecular weight is 538 g/mol. The Labute approximate surface area is 224 Å². The molecule has 2 amide bonds. The molecule has 2 heterocycles.